The number of hydrogen-bond acceptors (Lipinski definition) is 9. The van der Waals surface area contributed by atoms with Crippen LogP contribution in [0.4, 0.5) is 15.8 Å². The third kappa shape index (κ3) is 4.78. The third-order valence-corrected chi connectivity index (χ3v) is 4.35. The van der Waals surface area contributed by atoms with E-state index in [1.165, 1.54) is 30.3 Å². The molecule has 1 aliphatic heterocycles. The largest absolute Gasteiger partial charge is 0.457 e. The summed E-state index contributed by atoms with van der Waals surface area (Å²) in [6, 6.07) is 8.70. The minimum atomic E-state index is -1.60. The summed E-state index contributed by atoms with van der Waals surface area (Å²) in [5.41, 5.74) is -0.225. The van der Waals surface area contributed by atoms with Crippen LogP contribution in [0.25, 0.3) is 0 Å². The zero-order valence-electron chi connectivity index (χ0n) is 14.9. The van der Waals surface area contributed by atoms with Crippen molar-refractivity contribution in [2.75, 3.05) is 11.9 Å². The summed E-state index contributed by atoms with van der Waals surface area (Å²) in [6.45, 7) is -0.614. The topological polar surface area (TPSA) is 155 Å². The van der Waals surface area contributed by atoms with Gasteiger partial charge in [0, 0.05) is 17.8 Å². The molecule has 29 heavy (non-hydrogen) atoms. The second-order valence-electron chi connectivity index (χ2n) is 6.42. The second kappa shape index (κ2) is 8.68. The molecule has 0 aliphatic carbocycles. The van der Waals surface area contributed by atoms with Crippen molar-refractivity contribution < 1.29 is 39.2 Å². The van der Waals surface area contributed by atoms with E-state index in [1.54, 1.807) is 0 Å². The summed E-state index contributed by atoms with van der Waals surface area (Å²) in [6.07, 6.45) is -7.12. The fraction of sp³-hybridized carbons (Fsp3) is 0.333. The molecule has 156 valence electrons. The lowest BCUT2D eigenvalue weighted by molar-refractivity contribution is -0.384. The van der Waals surface area contributed by atoms with Gasteiger partial charge in [-0.3, -0.25) is 10.1 Å². The summed E-state index contributed by atoms with van der Waals surface area (Å²) in [5.74, 6) is -0.176. The quantitative estimate of drug-likeness (QED) is 0.342. The number of anilines is 1. The maximum absolute atomic E-state index is 13.0. The Morgan fingerprint density at radius 3 is 2.38 bits per heavy atom. The number of nitro benzene ring substituents is 1. The molecule has 5 atom stereocenters. The molecule has 0 saturated carbocycles. The van der Waals surface area contributed by atoms with Gasteiger partial charge in [-0.2, -0.15) is 0 Å². The van der Waals surface area contributed by atoms with E-state index in [1.807, 2.05) is 0 Å². The summed E-state index contributed by atoms with van der Waals surface area (Å²) < 4.78 is 23.9. The van der Waals surface area contributed by atoms with Gasteiger partial charge in [-0.15, -0.1) is 0 Å². The van der Waals surface area contributed by atoms with Gasteiger partial charge in [0.05, 0.1) is 17.6 Å². The van der Waals surface area contributed by atoms with Crippen molar-refractivity contribution in [2.24, 2.45) is 0 Å². The fourth-order valence-corrected chi connectivity index (χ4v) is 2.85. The van der Waals surface area contributed by atoms with Gasteiger partial charge in [0.25, 0.3) is 5.69 Å². The van der Waals surface area contributed by atoms with E-state index in [0.717, 1.165) is 12.1 Å². The maximum Gasteiger partial charge on any atom is 0.275 e. The highest BCUT2D eigenvalue weighted by Crippen LogP contribution is 2.31. The molecule has 0 aromatic heterocycles. The van der Waals surface area contributed by atoms with Gasteiger partial charge < -0.3 is 35.2 Å². The summed E-state index contributed by atoms with van der Waals surface area (Å²) in [4.78, 5) is 10.6. The summed E-state index contributed by atoms with van der Waals surface area (Å²) >= 11 is 0. The number of hydrogen-bond donors (Lipinski definition) is 5. The highest BCUT2D eigenvalue weighted by molar-refractivity contribution is 5.57. The summed E-state index contributed by atoms with van der Waals surface area (Å²) in [5, 5.41) is 53.0. The van der Waals surface area contributed by atoms with Crippen molar-refractivity contribution in [3.8, 4) is 11.5 Å². The number of nitro groups is 1. The Kier molecular flexibility index (Phi) is 6.25. The lowest BCUT2D eigenvalue weighted by Gasteiger charge is -2.40. The van der Waals surface area contributed by atoms with Crippen LogP contribution in [0, 0.1) is 15.9 Å². The molecule has 2 aromatic carbocycles. The van der Waals surface area contributed by atoms with Gasteiger partial charge in [-0.1, -0.05) is 0 Å². The molecule has 0 radical (unpaired) electrons. The van der Waals surface area contributed by atoms with Gasteiger partial charge in [-0.05, 0) is 24.3 Å². The van der Waals surface area contributed by atoms with Crippen LogP contribution >= 0.6 is 0 Å². The van der Waals surface area contributed by atoms with Crippen LogP contribution in [0.15, 0.2) is 42.5 Å². The first-order valence-corrected chi connectivity index (χ1v) is 8.58. The summed E-state index contributed by atoms with van der Waals surface area (Å²) in [7, 11) is 0. The molecule has 1 saturated heterocycles. The number of aliphatic hydroxyl groups is 4. The van der Waals surface area contributed by atoms with Gasteiger partial charge in [-0.25, -0.2) is 4.39 Å². The average Bonchev–Trinajstić information content (AvgIpc) is 2.70. The lowest BCUT2D eigenvalue weighted by Crippen LogP contribution is -2.60. The van der Waals surface area contributed by atoms with E-state index in [2.05, 4.69) is 5.32 Å². The molecule has 0 bridgehead atoms. The zero-order valence-corrected chi connectivity index (χ0v) is 14.9. The molecule has 1 aliphatic rings. The lowest BCUT2D eigenvalue weighted by atomic mass is 9.98. The Morgan fingerprint density at radius 2 is 1.76 bits per heavy atom. The van der Waals surface area contributed by atoms with E-state index < -0.39 is 48.0 Å². The molecular weight excluding hydrogens is 391 g/mol. The second-order valence-corrected chi connectivity index (χ2v) is 6.42. The van der Waals surface area contributed by atoms with Gasteiger partial charge >= 0.3 is 0 Å². The van der Waals surface area contributed by atoms with Crippen molar-refractivity contribution in [2.45, 2.75) is 30.6 Å². The first-order valence-electron chi connectivity index (χ1n) is 8.58. The number of non-ortho nitro benzene ring substituents is 1. The van der Waals surface area contributed by atoms with E-state index in [9.17, 15) is 34.9 Å². The Hall–Kier alpha value is -2.83. The van der Waals surface area contributed by atoms with Crippen LogP contribution in [-0.4, -0.2) is 62.6 Å². The Bertz CT molecular complexity index is 863. The molecule has 0 unspecified atom stereocenters. The first-order chi connectivity index (χ1) is 13.8. The highest BCUT2D eigenvalue weighted by atomic mass is 19.1. The molecule has 11 heteroatoms. The fourth-order valence-electron chi connectivity index (χ4n) is 2.85. The van der Waals surface area contributed by atoms with Crippen molar-refractivity contribution in [3.63, 3.8) is 0 Å². The average molecular weight is 410 g/mol. The Balaban J connectivity index is 1.85. The number of halogens is 1. The Labute approximate surface area is 163 Å². The van der Waals surface area contributed by atoms with E-state index in [4.69, 9.17) is 9.47 Å². The predicted molar refractivity (Wildman–Crippen MR) is 97.0 cm³/mol. The van der Waals surface area contributed by atoms with Crippen molar-refractivity contribution in [1.82, 2.24) is 0 Å². The van der Waals surface area contributed by atoms with Crippen LogP contribution in [-0.2, 0) is 4.74 Å². The Morgan fingerprint density at radius 1 is 1.07 bits per heavy atom. The van der Waals surface area contributed by atoms with Crippen LogP contribution < -0.4 is 10.1 Å². The monoisotopic (exact) mass is 410 g/mol. The molecular formula is C18H19FN2O8. The van der Waals surface area contributed by atoms with Gasteiger partial charge in [0.1, 0.15) is 41.7 Å². The molecule has 3 rings (SSSR count). The van der Waals surface area contributed by atoms with Crippen molar-refractivity contribution in [1.29, 1.82) is 0 Å². The third-order valence-electron chi connectivity index (χ3n) is 4.35. The minimum absolute atomic E-state index is 0.0536. The smallest absolute Gasteiger partial charge is 0.275 e. The SMILES string of the molecule is O=[N+]([O-])c1cc(N[C@H]2O[C@@H](CO)[C@@H](O)[C@@H](O)[C@@H]2O)cc(Oc2ccc(F)cc2)c1. The van der Waals surface area contributed by atoms with Crippen LogP contribution in [0.1, 0.15) is 0 Å². The number of nitrogens with one attached hydrogen (secondary N) is 1. The van der Waals surface area contributed by atoms with Gasteiger partial charge in [0.15, 0.2) is 6.23 Å². The molecule has 0 amide bonds. The number of rotatable bonds is 6. The number of aliphatic hydroxyl groups excluding tert-OH is 4. The van der Waals surface area contributed by atoms with Crippen molar-refractivity contribution >= 4 is 11.4 Å². The van der Waals surface area contributed by atoms with Crippen LogP contribution in [0.3, 0.4) is 0 Å². The predicted octanol–water partition coefficient (Wildman–Crippen LogP) is 0.738. The van der Waals surface area contributed by atoms with E-state index in [0.29, 0.717) is 0 Å². The molecule has 2 aromatic rings. The van der Waals surface area contributed by atoms with E-state index in [-0.39, 0.29) is 22.9 Å². The number of benzene rings is 2. The van der Waals surface area contributed by atoms with Crippen molar-refractivity contribution in [3.05, 3.63) is 58.4 Å². The molecule has 0 spiro atoms. The zero-order chi connectivity index (χ0) is 21.1. The van der Waals surface area contributed by atoms with E-state index >= 15 is 0 Å². The maximum atomic E-state index is 13.0. The van der Waals surface area contributed by atoms with Crippen LogP contribution in [0.5, 0.6) is 11.5 Å². The normalized spacial score (nSPS) is 26.7. The standard InChI is InChI=1S/C18H19FN2O8/c19-9-1-3-12(4-2-9)28-13-6-10(5-11(7-13)21(26)27)20-18-17(25)16(24)15(23)14(8-22)29-18/h1-7,14-18,20,22-25H,8H2/t14-,15+,16+,17-,18-/m0/s1. The molecule has 1 heterocycles. The molecule has 1 fully saturated rings. The molecule has 10 nitrogen and oxygen atoms in total. The number of nitrogens with zero attached hydrogens (tertiary/aromatic N) is 1. The number of ether oxygens (including phenoxy) is 2. The molecule has 5 N–H and O–H groups in total. The van der Waals surface area contributed by atoms with Crippen LogP contribution in [0.2, 0.25) is 0 Å². The van der Waals surface area contributed by atoms with Gasteiger partial charge in [0.2, 0.25) is 0 Å². The highest BCUT2D eigenvalue weighted by Gasteiger charge is 2.43. The first kappa shape index (κ1) is 20.9. The minimum Gasteiger partial charge on any atom is -0.457 e.